The molecule has 2 unspecified atom stereocenters. The van der Waals surface area contributed by atoms with Crippen molar-refractivity contribution in [3.63, 3.8) is 0 Å². The molecule has 1 aliphatic rings. The Morgan fingerprint density at radius 2 is 2.22 bits per heavy atom. The fourth-order valence-corrected chi connectivity index (χ4v) is 2.98. The first-order valence-corrected chi connectivity index (χ1v) is 8.22. The van der Waals surface area contributed by atoms with Gasteiger partial charge in [-0.3, -0.25) is 4.79 Å². The molecule has 2 N–H and O–H groups in total. The predicted molar refractivity (Wildman–Crippen MR) is 70.7 cm³/mol. The second-order valence-electron chi connectivity index (χ2n) is 4.79. The van der Waals surface area contributed by atoms with Gasteiger partial charge in [0.15, 0.2) is 0 Å². The highest BCUT2D eigenvalue weighted by Crippen LogP contribution is 2.11. The molecule has 0 aromatic rings. The van der Waals surface area contributed by atoms with Crippen LogP contribution in [-0.2, 0) is 14.8 Å². The van der Waals surface area contributed by atoms with E-state index in [1.807, 2.05) is 6.92 Å². The van der Waals surface area contributed by atoms with Crippen LogP contribution in [0.1, 0.15) is 26.7 Å². The van der Waals surface area contributed by atoms with Crippen LogP contribution in [-0.4, -0.2) is 57.2 Å². The van der Waals surface area contributed by atoms with Crippen LogP contribution >= 0.6 is 0 Å². The van der Waals surface area contributed by atoms with Crippen LogP contribution in [0.25, 0.3) is 0 Å². The standard InChI is InChI=1S/C11H23N3O3S/c1-4-7-14(10-5-6-12-8-10)11(15)9(2)13-18(3,16)17/h9-10,12-13H,4-8H2,1-3H3. The maximum Gasteiger partial charge on any atom is 0.240 e. The van der Waals surface area contributed by atoms with Gasteiger partial charge in [0.2, 0.25) is 15.9 Å². The largest absolute Gasteiger partial charge is 0.337 e. The second-order valence-corrected chi connectivity index (χ2v) is 6.57. The van der Waals surface area contributed by atoms with Crippen LogP contribution in [0.5, 0.6) is 0 Å². The summed E-state index contributed by atoms with van der Waals surface area (Å²) < 4.78 is 24.6. The smallest absolute Gasteiger partial charge is 0.240 e. The minimum Gasteiger partial charge on any atom is -0.337 e. The topological polar surface area (TPSA) is 78.5 Å². The summed E-state index contributed by atoms with van der Waals surface area (Å²) >= 11 is 0. The van der Waals surface area contributed by atoms with Crippen molar-refractivity contribution in [2.24, 2.45) is 0 Å². The lowest BCUT2D eigenvalue weighted by Gasteiger charge is -2.30. The van der Waals surface area contributed by atoms with Crippen molar-refractivity contribution in [2.45, 2.75) is 38.8 Å². The first kappa shape index (κ1) is 15.4. The first-order valence-electron chi connectivity index (χ1n) is 6.33. The monoisotopic (exact) mass is 277 g/mol. The van der Waals surface area contributed by atoms with Crippen molar-refractivity contribution in [3.8, 4) is 0 Å². The second kappa shape index (κ2) is 6.49. The summed E-state index contributed by atoms with van der Waals surface area (Å²) in [6.45, 7) is 5.97. The van der Waals surface area contributed by atoms with Gasteiger partial charge in [-0.2, -0.15) is 0 Å². The van der Waals surface area contributed by atoms with E-state index in [-0.39, 0.29) is 11.9 Å². The Labute approximate surface area is 109 Å². The Balaban J connectivity index is 2.69. The molecule has 0 radical (unpaired) electrons. The third-order valence-corrected chi connectivity index (χ3v) is 3.77. The number of amides is 1. The first-order chi connectivity index (χ1) is 8.35. The molecule has 2 atom stereocenters. The van der Waals surface area contributed by atoms with Gasteiger partial charge in [0, 0.05) is 19.1 Å². The van der Waals surface area contributed by atoms with E-state index in [9.17, 15) is 13.2 Å². The Morgan fingerprint density at radius 1 is 1.56 bits per heavy atom. The molecule has 1 heterocycles. The summed E-state index contributed by atoms with van der Waals surface area (Å²) in [5.74, 6) is -0.143. The molecular formula is C11H23N3O3S. The molecule has 1 saturated heterocycles. The quantitative estimate of drug-likeness (QED) is 0.688. The lowest BCUT2D eigenvalue weighted by atomic mass is 10.1. The molecule has 0 bridgehead atoms. The number of carbonyl (C=O) groups is 1. The van der Waals surface area contributed by atoms with Crippen LogP contribution in [0.3, 0.4) is 0 Å². The number of hydrogen-bond donors (Lipinski definition) is 2. The zero-order valence-corrected chi connectivity index (χ0v) is 12.1. The van der Waals surface area contributed by atoms with Gasteiger partial charge in [-0.25, -0.2) is 13.1 Å². The lowest BCUT2D eigenvalue weighted by Crippen LogP contribution is -2.51. The number of carbonyl (C=O) groups excluding carboxylic acids is 1. The molecule has 106 valence electrons. The molecule has 1 aliphatic heterocycles. The maximum absolute atomic E-state index is 12.3. The Morgan fingerprint density at radius 3 is 2.67 bits per heavy atom. The molecule has 6 nitrogen and oxygen atoms in total. The molecule has 1 amide bonds. The number of rotatable bonds is 6. The Bertz CT molecular complexity index is 377. The lowest BCUT2D eigenvalue weighted by molar-refractivity contribution is -0.134. The third kappa shape index (κ3) is 4.55. The van der Waals surface area contributed by atoms with Crippen molar-refractivity contribution in [2.75, 3.05) is 25.9 Å². The summed E-state index contributed by atoms with van der Waals surface area (Å²) in [5, 5.41) is 3.22. The molecule has 1 fully saturated rings. The van der Waals surface area contributed by atoms with Gasteiger partial charge in [-0.05, 0) is 26.3 Å². The molecule has 1 rings (SSSR count). The van der Waals surface area contributed by atoms with E-state index < -0.39 is 16.1 Å². The highest BCUT2D eigenvalue weighted by molar-refractivity contribution is 7.88. The molecule has 0 aromatic carbocycles. The van der Waals surface area contributed by atoms with Crippen LogP contribution < -0.4 is 10.0 Å². The molecule has 0 aliphatic carbocycles. The van der Waals surface area contributed by atoms with Crippen molar-refractivity contribution in [3.05, 3.63) is 0 Å². The third-order valence-electron chi connectivity index (χ3n) is 2.98. The van der Waals surface area contributed by atoms with E-state index in [1.165, 1.54) is 0 Å². The van der Waals surface area contributed by atoms with E-state index in [2.05, 4.69) is 10.0 Å². The van der Waals surface area contributed by atoms with Crippen molar-refractivity contribution in [1.29, 1.82) is 0 Å². The molecule has 18 heavy (non-hydrogen) atoms. The molecule has 0 spiro atoms. The molecule has 0 aromatic heterocycles. The van der Waals surface area contributed by atoms with Gasteiger partial charge < -0.3 is 10.2 Å². The van der Waals surface area contributed by atoms with Gasteiger partial charge in [0.25, 0.3) is 0 Å². The number of hydrogen-bond acceptors (Lipinski definition) is 4. The number of sulfonamides is 1. The van der Waals surface area contributed by atoms with Gasteiger partial charge in [0.05, 0.1) is 12.3 Å². The molecular weight excluding hydrogens is 254 g/mol. The van der Waals surface area contributed by atoms with E-state index in [0.29, 0.717) is 6.54 Å². The highest BCUT2D eigenvalue weighted by atomic mass is 32.2. The maximum atomic E-state index is 12.3. The zero-order chi connectivity index (χ0) is 13.8. The van der Waals surface area contributed by atoms with E-state index in [0.717, 1.165) is 32.2 Å². The number of nitrogens with zero attached hydrogens (tertiary/aromatic N) is 1. The average molecular weight is 277 g/mol. The highest BCUT2D eigenvalue weighted by Gasteiger charge is 2.29. The van der Waals surface area contributed by atoms with Gasteiger partial charge >= 0.3 is 0 Å². The van der Waals surface area contributed by atoms with Crippen molar-refractivity contribution in [1.82, 2.24) is 14.9 Å². The zero-order valence-electron chi connectivity index (χ0n) is 11.3. The predicted octanol–water partition coefficient (Wildman–Crippen LogP) is -0.475. The summed E-state index contributed by atoms with van der Waals surface area (Å²) in [7, 11) is -3.35. The van der Waals surface area contributed by atoms with Crippen molar-refractivity contribution >= 4 is 15.9 Å². The summed E-state index contributed by atoms with van der Waals surface area (Å²) in [6.07, 6.45) is 2.86. The minimum absolute atomic E-state index is 0.143. The van der Waals surface area contributed by atoms with Crippen LogP contribution in [0, 0.1) is 0 Å². The molecule has 0 saturated carbocycles. The van der Waals surface area contributed by atoms with E-state index in [4.69, 9.17) is 0 Å². The van der Waals surface area contributed by atoms with E-state index in [1.54, 1.807) is 11.8 Å². The van der Waals surface area contributed by atoms with Gasteiger partial charge in [0.1, 0.15) is 0 Å². The summed E-state index contributed by atoms with van der Waals surface area (Å²) in [4.78, 5) is 14.1. The van der Waals surface area contributed by atoms with Crippen molar-refractivity contribution < 1.29 is 13.2 Å². The van der Waals surface area contributed by atoms with Gasteiger partial charge in [-0.15, -0.1) is 0 Å². The summed E-state index contributed by atoms with van der Waals surface area (Å²) in [5.41, 5.74) is 0. The van der Waals surface area contributed by atoms with Gasteiger partial charge in [-0.1, -0.05) is 6.92 Å². The minimum atomic E-state index is -3.35. The molecule has 7 heteroatoms. The average Bonchev–Trinajstić information content (AvgIpc) is 2.75. The van der Waals surface area contributed by atoms with Crippen LogP contribution in [0.4, 0.5) is 0 Å². The number of nitrogens with one attached hydrogen (secondary N) is 2. The fourth-order valence-electron chi connectivity index (χ4n) is 2.24. The fraction of sp³-hybridized carbons (Fsp3) is 0.909. The Kier molecular flexibility index (Phi) is 5.55. The van der Waals surface area contributed by atoms with Crippen LogP contribution in [0.15, 0.2) is 0 Å². The summed E-state index contributed by atoms with van der Waals surface area (Å²) in [6, 6.07) is -0.520. The van der Waals surface area contributed by atoms with Crippen LogP contribution in [0.2, 0.25) is 0 Å². The Hall–Kier alpha value is -0.660. The SMILES string of the molecule is CCCN(C(=O)C(C)NS(C)(=O)=O)C1CCNC1. The normalized spacial score (nSPS) is 21.8. The van der Waals surface area contributed by atoms with E-state index >= 15 is 0 Å².